The Kier molecular flexibility index (Phi) is 5.75. The summed E-state index contributed by atoms with van der Waals surface area (Å²) in [6.45, 7) is 0. The first-order valence-corrected chi connectivity index (χ1v) is 6.94. The molecule has 0 radical (unpaired) electrons. The summed E-state index contributed by atoms with van der Waals surface area (Å²) < 4.78 is 0. The van der Waals surface area contributed by atoms with Gasteiger partial charge in [-0.05, 0) is 24.3 Å². The molecule has 2 nitrogen and oxygen atoms in total. The van der Waals surface area contributed by atoms with Crippen molar-refractivity contribution in [2.75, 3.05) is 0 Å². The van der Waals surface area contributed by atoms with Gasteiger partial charge in [0.1, 0.15) is 0 Å². The molecule has 2 aromatic heterocycles. The van der Waals surface area contributed by atoms with E-state index in [1.54, 1.807) is 32.7 Å². The molecule has 4 heteroatoms. The Morgan fingerprint density at radius 2 is 1.21 bits per heavy atom. The fraction of sp³-hybridized carbons (Fsp3) is 0. The molecule has 0 aliphatic heterocycles. The smallest absolute Gasteiger partial charge is 0.0886 e. The van der Waals surface area contributed by atoms with Crippen LogP contribution < -0.4 is 0 Å². The van der Waals surface area contributed by atoms with Gasteiger partial charge in [0.2, 0.25) is 0 Å². The van der Waals surface area contributed by atoms with Gasteiger partial charge >= 0.3 is 33.1 Å². The molecular formula is C10H8CuIN2. The van der Waals surface area contributed by atoms with Crippen molar-refractivity contribution in [1.29, 1.82) is 0 Å². The van der Waals surface area contributed by atoms with E-state index in [1.165, 1.54) is 0 Å². The molecule has 0 amide bonds. The van der Waals surface area contributed by atoms with Gasteiger partial charge < -0.3 is 0 Å². The number of aromatic nitrogens is 2. The molecule has 76 valence electrons. The van der Waals surface area contributed by atoms with Gasteiger partial charge in [0.25, 0.3) is 0 Å². The molecular weight excluding hydrogens is 339 g/mol. The summed E-state index contributed by atoms with van der Waals surface area (Å²) in [6, 6.07) is 11.6. The maximum absolute atomic E-state index is 4.19. The number of hydrogen-bond acceptors (Lipinski definition) is 2. The number of halogens is 1. The molecule has 2 rings (SSSR count). The first-order valence-electron chi connectivity index (χ1n) is 3.90. The van der Waals surface area contributed by atoms with Gasteiger partial charge in [-0.2, -0.15) is 0 Å². The molecule has 0 spiro atoms. The van der Waals surface area contributed by atoms with Crippen LogP contribution in [0.1, 0.15) is 0 Å². The van der Waals surface area contributed by atoms with Crippen LogP contribution in [0.2, 0.25) is 0 Å². The van der Waals surface area contributed by atoms with E-state index >= 15 is 0 Å². The minimum atomic E-state index is 0.915. The Morgan fingerprint density at radius 3 is 1.50 bits per heavy atom. The minimum Gasteiger partial charge on any atom is -0.255 e. The quantitative estimate of drug-likeness (QED) is 0.586. The van der Waals surface area contributed by atoms with Crippen LogP contribution in [-0.4, -0.2) is 9.97 Å². The molecule has 0 bridgehead atoms. The van der Waals surface area contributed by atoms with Crippen LogP contribution in [0, 0.1) is 0 Å². The molecule has 0 N–H and O–H groups in total. The van der Waals surface area contributed by atoms with Crippen molar-refractivity contribution in [3.63, 3.8) is 0 Å². The monoisotopic (exact) mass is 346 g/mol. The van der Waals surface area contributed by atoms with Crippen LogP contribution >= 0.6 is 20.3 Å². The third-order valence-electron chi connectivity index (χ3n) is 1.59. The number of nitrogens with zero attached hydrogens (tertiary/aromatic N) is 2. The maximum Gasteiger partial charge on any atom is 0.0886 e. The maximum atomic E-state index is 4.19. The van der Waals surface area contributed by atoms with Crippen LogP contribution in [0.4, 0.5) is 0 Å². The Morgan fingerprint density at radius 1 is 0.786 bits per heavy atom. The molecule has 0 atom stereocenters. The van der Waals surface area contributed by atoms with Gasteiger partial charge in [-0.15, -0.1) is 0 Å². The zero-order valence-electron chi connectivity index (χ0n) is 7.19. The van der Waals surface area contributed by atoms with Gasteiger partial charge in [-0.1, -0.05) is 12.1 Å². The van der Waals surface area contributed by atoms with E-state index in [1.807, 2.05) is 36.4 Å². The standard InChI is InChI=1S/C10H8N2.Cu.HI/c1-3-7-11-9(5-1)10-6-2-4-8-12-10;;/h1-8H;;1H/q;+1;/p-1. The van der Waals surface area contributed by atoms with Crippen molar-refractivity contribution in [1.82, 2.24) is 9.97 Å². The third kappa shape index (κ3) is 3.36. The molecule has 0 aromatic carbocycles. The van der Waals surface area contributed by atoms with Gasteiger partial charge in [-0.3, -0.25) is 9.97 Å². The van der Waals surface area contributed by atoms with E-state index in [2.05, 4.69) is 22.7 Å². The molecule has 0 saturated heterocycles. The molecule has 0 saturated carbocycles. The van der Waals surface area contributed by atoms with Crippen LogP contribution in [0.15, 0.2) is 48.8 Å². The predicted octanol–water partition coefficient (Wildman–Crippen LogP) is 3.03. The topological polar surface area (TPSA) is 25.8 Å². The molecule has 0 aliphatic carbocycles. The molecule has 14 heavy (non-hydrogen) atoms. The molecule has 2 aromatic rings. The summed E-state index contributed by atoms with van der Waals surface area (Å²) in [6.07, 6.45) is 3.54. The van der Waals surface area contributed by atoms with Crippen molar-refractivity contribution in [3.05, 3.63) is 48.8 Å². The number of pyridine rings is 2. The van der Waals surface area contributed by atoms with Crippen molar-refractivity contribution in [3.8, 4) is 11.4 Å². The van der Waals surface area contributed by atoms with Crippen molar-refractivity contribution in [2.45, 2.75) is 0 Å². The normalized spacial score (nSPS) is 8.79. The number of rotatable bonds is 1. The first kappa shape index (κ1) is 11.6. The van der Waals surface area contributed by atoms with Gasteiger partial charge in [0, 0.05) is 12.4 Å². The van der Waals surface area contributed by atoms with Gasteiger partial charge in [0.05, 0.1) is 11.4 Å². The first-order chi connectivity index (χ1) is 6.97. The second kappa shape index (κ2) is 6.92. The summed E-state index contributed by atoms with van der Waals surface area (Å²) in [7, 11) is 0. The molecule has 0 aliphatic rings. The average molecular weight is 347 g/mol. The van der Waals surface area contributed by atoms with Crippen molar-refractivity contribution >= 4 is 20.3 Å². The molecule has 0 fully saturated rings. The van der Waals surface area contributed by atoms with E-state index < -0.39 is 0 Å². The largest absolute Gasteiger partial charge is 0.255 e. The van der Waals surface area contributed by atoms with Gasteiger partial charge in [-0.25, -0.2) is 0 Å². The Bertz CT molecular complexity index is 316. The van der Waals surface area contributed by atoms with E-state index in [0.717, 1.165) is 11.4 Å². The van der Waals surface area contributed by atoms with Gasteiger partial charge in [0.15, 0.2) is 0 Å². The minimum absolute atomic E-state index is 0.915. The van der Waals surface area contributed by atoms with Crippen molar-refractivity contribution in [2.24, 2.45) is 0 Å². The van der Waals surface area contributed by atoms with Crippen LogP contribution in [0.3, 0.4) is 0 Å². The van der Waals surface area contributed by atoms with Crippen LogP contribution in [0.25, 0.3) is 11.4 Å². The summed E-state index contributed by atoms with van der Waals surface area (Å²) >= 11 is 5.87. The van der Waals surface area contributed by atoms with Crippen molar-refractivity contribution < 1.29 is 12.8 Å². The van der Waals surface area contributed by atoms with E-state index in [0.29, 0.717) is 0 Å². The second-order valence-electron chi connectivity index (χ2n) is 2.43. The van der Waals surface area contributed by atoms with E-state index in [9.17, 15) is 0 Å². The van der Waals surface area contributed by atoms with Crippen LogP contribution in [0.5, 0.6) is 0 Å². The average Bonchev–Trinajstić information content (AvgIpc) is 2.34. The van der Waals surface area contributed by atoms with E-state index in [-0.39, 0.29) is 0 Å². The Labute approximate surface area is 103 Å². The third-order valence-corrected chi connectivity index (χ3v) is 1.59. The SMILES string of the molecule is [Cu][I].c1ccc(-c2ccccn2)nc1. The number of hydrogen-bond donors (Lipinski definition) is 0. The zero-order chi connectivity index (χ0) is 10.2. The molecule has 2 heterocycles. The van der Waals surface area contributed by atoms with Crippen LogP contribution in [-0.2, 0) is 12.8 Å². The Balaban J connectivity index is 0.000000461. The summed E-state index contributed by atoms with van der Waals surface area (Å²) in [5.41, 5.74) is 1.83. The zero-order valence-corrected chi connectivity index (χ0v) is 10.3. The predicted molar refractivity (Wildman–Crippen MR) is 61.5 cm³/mol. The molecule has 0 unspecified atom stereocenters. The van der Waals surface area contributed by atoms with E-state index in [4.69, 9.17) is 0 Å². The summed E-state index contributed by atoms with van der Waals surface area (Å²) in [5.74, 6) is 0. The summed E-state index contributed by atoms with van der Waals surface area (Å²) in [4.78, 5) is 8.37. The summed E-state index contributed by atoms with van der Waals surface area (Å²) in [5, 5.41) is 0. The Hall–Kier alpha value is -0.451. The fourth-order valence-electron chi connectivity index (χ4n) is 1.03. The fourth-order valence-corrected chi connectivity index (χ4v) is 1.03. The second-order valence-corrected chi connectivity index (χ2v) is 2.43.